The summed E-state index contributed by atoms with van der Waals surface area (Å²) in [6, 6.07) is 8.60. The highest BCUT2D eigenvalue weighted by atomic mass is 35.5. The van der Waals surface area contributed by atoms with Crippen molar-refractivity contribution in [1.29, 1.82) is 0 Å². The van der Waals surface area contributed by atoms with E-state index in [-0.39, 0.29) is 16.3 Å². The number of hydrogen-bond donors (Lipinski definition) is 2. The topological polar surface area (TPSA) is 69.4 Å². The summed E-state index contributed by atoms with van der Waals surface area (Å²) in [7, 11) is 1.34. The summed E-state index contributed by atoms with van der Waals surface area (Å²) < 4.78 is 0.653. The first-order valence-corrected chi connectivity index (χ1v) is 6.64. The Hall–Kier alpha value is -2.11. The third-order valence-electron chi connectivity index (χ3n) is 2.77. The molecule has 2 aromatic carbocycles. The van der Waals surface area contributed by atoms with Gasteiger partial charge < -0.3 is 10.4 Å². The van der Waals surface area contributed by atoms with Crippen LogP contribution in [0.15, 0.2) is 36.4 Å². The van der Waals surface area contributed by atoms with Crippen molar-refractivity contribution in [3.05, 3.63) is 56.9 Å². The van der Waals surface area contributed by atoms with Crippen molar-refractivity contribution in [3.8, 4) is 5.75 Å². The average molecular weight is 326 g/mol. The maximum Gasteiger partial charge on any atom is 0.259 e. The minimum absolute atomic E-state index is 0.0311. The van der Waals surface area contributed by atoms with Crippen LogP contribution in [0.2, 0.25) is 10.0 Å². The van der Waals surface area contributed by atoms with Gasteiger partial charge in [0.25, 0.3) is 11.6 Å². The number of nitroso groups, excluding NO2 is 1. The summed E-state index contributed by atoms with van der Waals surface area (Å²) in [4.78, 5) is 23.3. The molecule has 0 saturated carbocycles. The summed E-state index contributed by atoms with van der Waals surface area (Å²) >= 11 is 11.8. The monoisotopic (exact) mass is 325 g/mol. The molecule has 2 N–H and O–H groups in total. The van der Waals surface area contributed by atoms with Gasteiger partial charge in [0.2, 0.25) is 0 Å². The van der Waals surface area contributed by atoms with Gasteiger partial charge >= 0.3 is 0 Å². The molecule has 2 aromatic rings. The number of nitrogens with one attached hydrogen (secondary N) is 1. The van der Waals surface area contributed by atoms with Gasteiger partial charge in [-0.2, -0.15) is 0 Å². The number of nitrogens with zero attached hydrogens (tertiary/aromatic N) is 1. The maximum absolute atomic E-state index is 12.1. The van der Waals surface area contributed by atoms with Crippen LogP contribution in [0.1, 0.15) is 10.4 Å². The lowest BCUT2D eigenvalue weighted by atomic mass is 10.2. The van der Waals surface area contributed by atoms with E-state index in [9.17, 15) is 14.8 Å². The van der Waals surface area contributed by atoms with Crippen LogP contribution >= 0.6 is 23.2 Å². The van der Waals surface area contributed by atoms with Crippen molar-refractivity contribution in [3.63, 3.8) is 0 Å². The zero-order chi connectivity index (χ0) is 15.6. The van der Waals surface area contributed by atoms with Gasteiger partial charge in [0.05, 0.1) is 16.3 Å². The lowest BCUT2D eigenvalue weighted by molar-refractivity contribution is -0.428. The highest BCUT2D eigenvalue weighted by molar-refractivity contribution is 6.34. The minimum Gasteiger partial charge on any atom is -0.507 e. The quantitative estimate of drug-likeness (QED) is 0.838. The van der Waals surface area contributed by atoms with Gasteiger partial charge in [-0.25, -0.2) is 0 Å². The number of hydrogen-bond acceptors (Lipinski definition) is 3. The number of amides is 1. The first kappa shape index (κ1) is 15.3. The standard InChI is InChI=1S/C14H10Cl2N2O3/c1-18(21)9-3-4-12(11(16)7-9)17-14(20)10-6-8(15)2-5-13(10)19/h2-7H,1H3,(H-,17,19,20,21)/p+1. The van der Waals surface area contributed by atoms with Crippen molar-refractivity contribution in [1.82, 2.24) is 0 Å². The van der Waals surface area contributed by atoms with E-state index in [2.05, 4.69) is 5.32 Å². The molecule has 0 aliphatic carbocycles. The second kappa shape index (κ2) is 6.11. The van der Waals surface area contributed by atoms with E-state index < -0.39 is 5.91 Å². The third-order valence-corrected chi connectivity index (χ3v) is 3.32. The molecule has 21 heavy (non-hydrogen) atoms. The van der Waals surface area contributed by atoms with Crippen molar-refractivity contribution < 1.29 is 14.7 Å². The first-order valence-electron chi connectivity index (χ1n) is 5.89. The highest BCUT2D eigenvalue weighted by Gasteiger charge is 2.15. The molecule has 7 heteroatoms. The van der Waals surface area contributed by atoms with Crippen molar-refractivity contribution in [2.24, 2.45) is 0 Å². The molecule has 0 aliphatic rings. The molecule has 0 radical (unpaired) electrons. The molecule has 2 rings (SSSR count). The predicted molar refractivity (Wildman–Crippen MR) is 81.7 cm³/mol. The second-order valence-electron chi connectivity index (χ2n) is 4.28. The van der Waals surface area contributed by atoms with E-state index in [1.54, 1.807) is 0 Å². The number of rotatable bonds is 3. The highest BCUT2D eigenvalue weighted by Crippen LogP contribution is 2.28. The molecule has 5 nitrogen and oxygen atoms in total. The summed E-state index contributed by atoms with van der Waals surface area (Å²) in [6.45, 7) is 0. The van der Waals surface area contributed by atoms with Gasteiger partial charge in [0, 0.05) is 26.8 Å². The Balaban J connectivity index is 2.27. The van der Waals surface area contributed by atoms with Crippen LogP contribution < -0.4 is 5.32 Å². The second-order valence-corrected chi connectivity index (χ2v) is 5.12. The van der Waals surface area contributed by atoms with Crippen LogP contribution in [0.4, 0.5) is 11.4 Å². The fourth-order valence-corrected chi connectivity index (χ4v) is 2.08. The van der Waals surface area contributed by atoms with Gasteiger partial charge in [-0.15, -0.1) is 0 Å². The van der Waals surface area contributed by atoms with Crippen LogP contribution in [0, 0.1) is 4.91 Å². The number of anilines is 1. The van der Waals surface area contributed by atoms with E-state index in [0.717, 1.165) is 0 Å². The van der Waals surface area contributed by atoms with Crippen molar-refractivity contribution >= 4 is 40.5 Å². The Morgan fingerprint density at radius 1 is 1.19 bits per heavy atom. The van der Waals surface area contributed by atoms with Crippen LogP contribution in [-0.4, -0.2) is 22.8 Å². The number of carbonyl (C=O) groups is 1. The molecular weight excluding hydrogens is 315 g/mol. The van der Waals surface area contributed by atoms with Crippen LogP contribution in [0.5, 0.6) is 5.75 Å². The van der Waals surface area contributed by atoms with E-state index in [1.165, 1.54) is 43.4 Å². The van der Waals surface area contributed by atoms with Gasteiger partial charge in [0.1, 0.15) is 5.75 Å². The van der Waals surface area contributed by atoms with E-state index in [0.29, 0.717) is 21.2 Å². The molecule has 0 spiro atoms. The van der Waals surface area contributed by atoms with Gasteiger partial charge in [0.15, 0.2) is 7.05 Å². The lowest BCUT2D eigenvalue weighted by Crippen LogP contribution is -2.12. The summed E-state index contributed by atoms with van der Waals surface area (Å²) in [5.74, 6) is -0.746. The smallest absolute Gasteiger partial charge is 0.259 e. The van der Waals surface area contributed by atoms with Crippen LogP contribution in [0.25, 0.3) is 0 Å². The Morgan fingerprint density at radius 3 is 2.52 bits per heavy atom. The number of phenols is 1. The summed E-state index contributed by atoms with van der Waals surface area (Å²) in [5.41, 5.74) is 0.721. The SMILES string of the molecule is C[N+](=O)c1ccc(NC(=O)c2cc(Cl)ccc2O)c(Cl)c1. The summed E-state index contributed by atoms with van der Waals surface area (Å²) in [6.07, 6.45) is 0. The first-order chi connectivity index (χ1) is 9.88. The normalized spacial score (nSPS) is 10.2. The number of carbonyl (C=O) groups excluding carboxylic acids is 1. The third kappa shape index (κ3) is 3.51. The fourth-order valence-electron chi connectivity index (χ4n) is 1.68. The molecule has 0 unspecified atom stereocenters. The Bertz CT molecular complexity index is 732. The van der Waals surface area contributed by atoms with Crippen molar-refractivity contribution in [2.75, 3.05) is 12.4 Å². The van der Waals surface area contributed by atoms with Gasteiger partial charge in [-0.1, -0.05) is 23.2 Å². The van der Waals surface area contributed by atoms with Crippen molar-refractivity contribution in [2.45, 2.75) is 0 Å². The maximum atomic E-state index is 12.1. The molecule has 0 saturated heterocycles. The van der Waals surface area contributed by atoms with Crippen LogP contribution in [0.3, 0.4) is 0 Å². The summed E-state index contributed by atoms with van der Waals surface area (Å²) in [5, 5.41) is 12.8. The Morgan fingerprint density at radius 2 is 1.90 bits per heavy atom. The molecular formula is C14H11Cl2N2O3+. The molecule has 0 aromatic heterocycles. The number of benzene rings is 2. The molecule has 0 bridgehead atoms. The van der Waals surface area contributed by atoms with Gasteiger partial charge in [-0.05, 0) is 24.3 Å². The number of halogens is 2. The molecule has 0 fully saturated rings. The molecule has 0 atom stereocenters. The van der Waals surface area contributed by atoms with E-state index in [4.69, 9.17) is 23.2 Å². The number of phenolic OH excluding ortho intramolecular Hbond substituents is 1. The van der Waals surface area contributed by atoms with Crippen LogP contribution in [-0.2, 0) is 0 Å². The number of aromatic hydroxyl groups is 1. The lowest BCUT2D eigenvalue weighted by Gasteiger charge is -2.08. The zero-order valence-corrected chi connectivity index (χ0v) is 12.4. The molecule has 0 heterocycles. The molecule has 1 amide bonds. The fraction of sp³-hybridized carbons (Fsp3) is 0.0714. The van der Waals surface area contributed by atoms with Gasteiger partial charge in [-0.3, -0.25) is 4.79 Å². The Labute approximate surface area is 130 Å². The molecule has 108 valence electrons. The zero-order valence-electron chi connectivity index (χ0n) is 10.9. The molecule has 0 aliphatic heterocycles. The Kier molecular flexibility index (Phi) is 4.45. The minimum atomic E-state index is -0.555. The average Bonchev–Trinajstić information content (AvgIpc) is 2.43. The van der Waals surface area contributed by atoms with E-state index >= 15 is 0 Å². The largest absolute Gasteiger partial charge is 0.507 e. The predicted octanol–water partition coefficient (Wildman–Crippen LogP) is 3.99. The van der Waals surface area contributed by atoms with E-state index in [1.807, 2.05) is 0 Å².